The molecule has 1 saturated carbocycles. The molecule has 0 aromatic carbocycles. The zero-order valence-electron chi connectivity index (χ0n) is 19.9. The van der Waals surface area contributed by atoms with Crippen molar-refractivity contribution in [3.63, 3.8) is 0 Å². The third-order valence-corrected chi connectivity index (χ3v) is 7.11. The van der Waals surface area contributed by atoms with E-state index in [1.165, 1.54) is 0 Å². The van der Waals surface area contributed by atoms with Crippen LogP contribution in [0, 0.1) is 12.8 Å². The summed E-state index contributed by atoms with van der Waals surface area (Å²) in [6, 6.07) is 8.04. The first kappa shape index (κ1) is 22.0. The van der Waals surface area contributed by atoms with Gasteiger partial charge in [-0.25, -0.2) is 4.52 Å². The van der Waals surface area contributed by atoms with Crippen LogP contribution in [0.25, 0.3) is 16.6 Å². The van der Waals surface area contributed by atoms with Crippen molar-refractivity contribution in [2.75, 3.05) is 18.5 Å². The maximum atomic E-state index is 12.1. The van der Waals surface area contributed by atoms with Crippen molar-refractivity contribution in [1.82, 2.24) is 19.5 Å². The summed E-state index contributed by atoms with van der Waals surface area (Å²) < 4.78 is 14.0. The Labute approximate surface area is 203 Å². The number of morpholine rings is 1. The van der Waals surface area contributed by atoms with E-state index >= 15 is 0 Å². The van der Waals surface area contributed by atoms with E-state index in [1.807, 2.05) is 42.3 Å². The Kier molecular flexibility index (Phi) is 5.44. The van der Waals surface area contributed by atoms with E-state index in [4.69, 9.17) is 9.47 Å². The summed E-state index contributed by atoms with van der Waals surface area (Å²) in [7, 11) is 0. The Morgan fingerprint density at radius 3 is 2.63 bits per heavy atom. The van der Waals surface area contributed by atoms with Crippen molar-refractivity contribution in [3.05, 3.63) is 42.4 Å². The number of nitrogens with zero attached hydrogens (tertiary/aromatic N) is 4. The lowest BCUT2D eigenvalue weighted by atomic mass is 9.91. The Hall–Kier alpha value is -3.46. The molecular formula is C26H29N5O4. The molecule has 0 radical (unpaired) electrons. The molecule has 9 nitrogen and oxygen atoms in total. The molecule has 2 saturated heterocycles. The highest BCUT2D eigenvalue weighted by Crippen LogP contribution is 2.36. The number of hydrogen-bond acceptors (Lipinski definition) is 6. The third kappa shape index (κ3) is 4.36. The number of carbonyl (C=O) groups is 2. The first-order valence-corrected chi connectivity index (χ1v) is 12.3. The minimum Gasteiger partial charge on any atom is -0.488 e. The first-order chi connectivity index (χ1) is 16.9. The number of aryl methyl sites for hydroxylation is 1. The molecular weight excluding hydrogens is 446 g/mol. The molecule has 3 fully saturated rings. The van der Waals surface area contributed by atoms with E-state index in [1.54, 1.807) is 17.6 Å². The molecule has 35 heavy (non-hydrogen) atoms. The molecule has 3 atom stereocenters. The first-order valence-electron chi connectivity index (χ1n) is 12.3. The standard InChI is InChI=1S/C26H29N5O4/c1-15-7-23(18-5-6-30-19(8-18)11-25(29-30)28-26(33)17-3-4-17)24(12-27-15)35-22-9-20-13-34-14-21(10-22)31(20)16(2)32/h5-8,11-12,17,20-22H,3-4,9-10,13-14H2,1-2H3,(H,28,29,33)/t20-,21+,22?. The number of anilines is 1. The van der Waals surface area contributed by atoms with Crippen LogP contribution >= 0.6 is 0 Å². The van der Waals surface area contributed by atoms with E-state index in [9.17, 15) is 9.59 Å². The lowest BCUT2D eigenvalue weighted by Gasteiger charge is -2.47. The summed E-state index contributed by atoms with van der Waals surface area (Å²) in [5, 5.41) is 7.40. The van der Waals surface area contributed by atoms with Crippen molar-refractivity contribution in [1.29, 1.82) is 0 Å². The van der Waals surface area contributed by atoms with Gasteiger partial charge in [-0.2, -0.15) is 5.10 Å². The van der Waals surface area contributed by atoms with E-state index < -0.39 is 0 Å². The van der Waals surface area contributed by atoms with E-state index in [0.29, 0.717) is 19.0 Å². The van der Waals surface area contributed by atoms with Gasteiger partial charge < -0.3 is 19.7 Å². The Bertz CT molecular complexity index is 1290. The topological polar surface area (TPSA) is 98.1 Å². The van der Waals surface area contributed by atoms with Gasteiger partial charge in [-0.1, -0.05) is 0 Å². The summed E-state index contributed by atoms with van der Waals surface area (Å²) in [6.45, 7) is 4.69. The maximum Gasteiger partial charge on any atom is 0.228 e. The van der Waals surface area contributed by atoms with Gasteiger partial charge in [-0.3, -0.25) is 14.6 Å². The van der Waals surface area contributed by atoms with Crippen LogP contribution in [0.1, 0.15) is 38.3 Å². The fourth-order valence-electron chi connectivity index (χ4n) is 5.32. The zero-order chi connectivity index (χ0) is 24.1. The molecule has 182 valence electrons. The fourth-order valence-corrected chi connectivity index (χ4v) is 5.32. The number of ether oxygens (including phenoxy) is 2. The van der Waals surface area contributed by atoms with Gasteiger partial charge in [0.15, 0.2) is 5.82 Å². The van der Waals surface area contributed by atoms with Crippen LogP contribution in [-0.2, 0) is 14.3 Å². The van der Waals surface area contributed by atoms with Crippen LogP contribution in [0.3, 0.4) is 0 Å². The number of aromatic nitrogens is 3. The average Bonchev–Trinajstić information content (AvgIpc) is 3.59. The molecule has 1 N–H and O–H groups in total. The predicted octanol–water partition coefficient (Wildman–Crippen LogP) is 3.21. The Balaban J connectivity index is 1.26. The minimum absolute atomic E-state index is 0.0179. The highest BCUT2D eigenvalue weighted by Gasteiger charge is 2.41. The molecule has 2 bridgehead atoms. The van der Waals surface area contributed by atoms with Gasteiger partial charge in [-0.15, -0.1) is 0 Å². The lowest BCUT2D eigenvalue weighted by molar-refractivity contribution is -0.153. The summed E-state index contributed by atoms with van der Waals surface area (Å²) >= 11 is 0. The lowest BCUT2D eigenvalue weighted by Crippen LogP contribution is -2.60. The summed E-state index contributed by atoms with van der Waals surface area (Å²) in [4.78, 5) is 30.7. The highest BCUT2D eigenvalue weighted by atomic mass is 16.5. The number of hydrogen-bond donors (Lipinski definition) is 1. The molecule has 9 heteroatoms. The van der Waals surface area contributed by atoms with E-state index in [2.05, 4.69) is 15.4 Å². The summed E-state index contributed by atoms with van der Waals surface area (Å²) in [5.41, 5.74) is 3.73. The molecule has 2 amide bonds. The summed E-state index contributed by atoms with van der Waals surface area (Å²) in [6.07, 6.45) is 7.03. The van der Waals surface area contributed by atoms with Crippen LogP contribution in [0.15, 0.2) is 36.7 Å². The quantitative estimate of drug-likeness (QED) is 0.609. The van der Waals surface area contributed by atoms with Crippen molar-refractivity contribution in [2.24, 2.45) is 5.92 Å². The van der Waals surface area contributed by atoms with E-state index in [-0.39, 0.29) is 35.9 Å². The highest BCUT2D eigenvalue weighted by molar-refractivity contribution is 5.93. The largest absolute Gasteiger partial charge is 0.488 e. The normalized spacial score (nSPS) is 23.8. The molecule has 6 rings (SSSR count). The molecule has 0 spiro atoms. The number of pyridine rings is 2. The smallest absolute Gasteiger partial charge is 0.228 e. The number of carbonyl (C=O) groups excluding carboxylic acids is 2. The van der Waals surface area contributed by atoms with Crippen molar-refractivity contribution >= 4 is 23.1 Å². The number of fused-ring (bicyclic) bond motifs is 3. The Morgan fingerprint density at radius 2 is 1.91 bits per heavy atom. The molecule has 3 aliphatic rings. The van der Waals surface area contributed by atoms with Gasteiger partial charge in [0.05, 0.1) is 37.0 Å². The minimum atomic E-state index is -0.0179. The third-order valence-electron chi connectivity index (χ3n) is 7.11. The van der Waals surface area contributed by atoms with Crippen LogP contribution in [0.2, 0.25) is 0 Å². The van der Waals surface area contributed by atoms with Crippen LogP contribution in [0.5, 0.6) is 5.75 Å². The second-order valence-corrected chi connectivity index (χ2v) is 9.88. The molecule has 2 aliphatic heterocycles. The molecule has 1 aliphatic carbocycles. The van der Waals surface area contributed by atoms with Gasteiger partial charge in [0, 0.05) is 49.2 Å². The van der Waals surface area contributed by atoms with Crippen LogP contribution < -0.4 is 10.1 Å². The number of amides is 2. The van der Waals surface area contributed by atoms with Crippen LogP contribution in [0.4, 0.5) is 5.82 Å². The SMILES string of the molecule is CC(=O)N1[C@@H]2COC[C@H]1CC(Oc1cnc(C)cc1-c1ccn3nc(NC(=O)C4CC4)cc3c1)C2. The van der Waals surface area contributed by atoms with E-state index in [0.717, 1.165) is 53.8 Å². The molecule has 3 aromatic rings. The maximum absolute atomic E-state index is 12.1. The number of rotatable bonds is 5. The van der Waals surface area contributed by atoms with Crippen molar-refractivity contribution < 1.29 is 19.1 Å². The second-order valence-electron chi connectivity index (χ2n) is 9.88. The Morgan fingerprint density at radius 1 is 1.14 bits per heavy atom. The molecule has 1 unspecified atom stereocenters. The van der Waals surface area contributed by atoms with Gasteiger partial charge in [0.2, 0.25) is 11.8 Å². The number of nitrogens with one attached hydrogen (secondary N) is 1. The molecule has 5 heterocycles. The zero-order valence-corrected chi connectivity index (χ0v) is 19.9. The fraction of sp³-hybridized carbons (Fsp3) is 0.462. The van der Waals surface area contributed by atoms with Gasteiger partial charge in [0.25, 0.3) is 0 Å². The predicted molar refractivity (Wildman–Crippen MR) is 129 cm³/mol. The molecule has 3 aromatic heterocycles. The monoisotopic (exact) mass is 475 g/mol. The van der Waals surface area contributed by atoms with Crippen LogP contribution in [-0.4, -0.2) is 62.7 Å². The van der Waals surface area contributed by atoms with Crippen molar-refractivity contribution in [3.8, 4) is 16.9 Å². The summed E-state index contributed by atoms with van der Waals surface area (Å²) in [5.74, 6) is 1.55. The van der Waals surface area contributed by atoms with Gasteiger partial charge >= 0.3 is 0 Å². The van der Waals surface area contributed by atoms with Gasteiger partial charge in [-0.05, 0) is 43.5 Å². The number of piperidine rings is 1. The van der Waals surface area contributed by atoms with Crippen molar-refractivity contribution in [2.45, 2.75) is 57.7 Å². The average molecular weight is 476 g/mol. The second kappa shape index (κ2) is 8.64. The van der Waals surface area contributed by atoms with Gasteiger partial charge in [0.1, 0.15) is 11.9 Å².